The first-order chi connectivity index (χ1) is 5.65. The minimum absolute atomic E-state index is 0.415. The number of nitriles is 1. The average Bonchev–Trinajstić information content (AvgIpc) is 2.01. The van der Waals surface area contributed by atoms with Gasteiger partial charge in [0, 0.05) is 9.50 Å². The van der Waals surface area contributed by atoms with Gasteiger partial charge in [-0.05, 0) is 24.1 Å². The fraction of sp³-hybridized carbons (Fsp3) is 0.222. The van der Waals surface area contributed by atoms with Crippen LogP contribution in [0.2, 0.25) is 5.02 Å². The van der Waals surface area contributed by atoms with E-state index in [0.717, 1.165) is 20.6 Å². The van der Waals surface area contributed by atoms with Crippen molar-refractivity contribution in [2.45, 2.75) is 13.3 Å². The molecule has 12 heavy (non-hydrogen) atoms. The highest BCUT2D eigenvalue weighted by Crippen LogP contribution is 2.25. The summed E-state index contributed by atoms with van der Waals surface area (Å²) in [5.74, 6) is 0. The zero-order valence-corrected chi connectivity index (χ0v) is 8.91. The second-order valence-electron chi connectivity index (χ2n) is 2.53. The standard InChI is InChI=1S/C9H7BrClN/c1-6-4-7(2-3-12)8(10)5-9(6)11/h4-5H,2H2,1H3. The molecule has 0 bridgehead atoms. The van der Waals surface area contributed by atoms with Crippen LogP contribution in [0, 0.1) is 18.3 Å². The molecular weight excluding hydrogens is 237 g/mol. The lowest BCUT2D eigenvalue weighted by molar-refractivity contribution is 1.23. The lowest BCUT2D eigenvalue weighted by Crippen LogP contribution is -1.86. The molecule has 0 aliphatic carbocycles. The lowest BCUT2D eigenvalue weighted by atomic mass is 10.1. The third-order valence-electron chi connectivity index (χ3n) is 1.60. The van der Waals surface area contributed by atoms with E-state index in [9.17, 15) is 0 Å². The van der Waals surface area contributed by atoms with Gasteiger partial charge in [-0.1, -0.05) is 33.6 Å². The fourth-order valence-corrected chi connectivity index (χ4v) is 1.72. The summed E-state index contributed by atoms with van der Waals surface area (Å²) < 4.78 is 0.902. The van der Waals surface area contributed by atoms with Crippen LogP contribution in [-0.4, -0.2) is 0 Å². The second-order valence-corrected chi connectivity index (χ2v) is 3.79. The Morgan fingerprint density at radius 1 is 1.58 bits per heavy atom. The Balaban J connectivity index is 3.16. The molecule has 1 aromatic rings. The summed E-state index contributed by atoms with van der Waals surface area (Å²) in [6, 6.07) is 5.85. The molecule has 0 heterocycles. The van der Waals surface area contributed by atoms with Gasteiger partial charge in [-0.2, -0.15) is 5.26 Å². The van der Waals surface area contributed by atoms with Gasteiger partial charge in [0.15, 0.2) is 0 Å². The first-order valence-corrected chi connectivity index (χ1v) is 4.63. The monoisotopic (exact) mass is 243 g/mol. The van der Waals surface area contributed by atoms with Crippen molar-refractivity contribution < 1.29 is 0 Å². The van der Waals surface area contributed by atoms with Crippen molar-refractivity contribution in [1.82, 2.24) is 0 Å². The van der Waals surface area contributed by atoms with Crippen LogP contribution in [0.15, 0.2) is 16.6 Å². The van der Waals surface area contributed by atoms with Crippen molar-refractivity contribution in [2.24, 2.45) is 0 Å². The minimum atomic E-state index is 0.415. The van der Waals surface area contributed by atoms with Crippen LogP contribution in [-0.2, 0) is 6.42 Å². The van der Waals surface area contributed by atoms with Gasteiger partial charge in [-0.15, -0.1) is 0 Å². The minimum Gasteiger partial charge on any atom is -0.198 e. The summed E-state index contributed by atoms with van der Waals surface area (Å²) in [6.07, 6.45) is 0.415. The average molecular weight is 245 g/mol. The van der Waals surface area contributed by atoms with Gasteiger partial charge in [-0.25, -0.2) is 0 Å². The third-order valence-corrected chi connectivity index (χ3v) is 2.74. The quantitative estimate of drug-likeness (QED) is 0.742. The molecule has 1 aromatic carbocycles. The Bertz CT molecular complexity index is 341. The summed E-state index contributed by atoms with van der Waals surface area (Å²) in [6.45, 7) is 1.93. The van der Waals surface area contributed by atoms with E-state index in [4.69, 9.17) is 16.9 Å². The molecule has 0 aromatic heterocycles. The van der Waals surface area contributed by atoms with Crippen molar-refractivity contribution in [2.75, 3.05) is 0 Å². The Hall–Kier alpha value is -0.520. The van der Waals surface area contributed by atoms with Crippen molar-refractivity contribution >= 4 is 27.5 Å². The maximum absolute atomic E-state index is 8.50. The van der Waals surface area contributed by atoms with E-state index in [0.29, 0.717) is 6.42 Å². The lowest BCUT2D eigenvalue weighted by Gasteiger charge is -2.03. The van der Waals surface area contributed by atoms with Crippen molar-refractivity contribution in [3.05, 3.63) is 32.8 Å². The number of hydrogen-bond donors (Lipinski definition) is 0. The molecule has 62 valence electrons. The predicted molar refractivity (Wildman–Crippen MR) is 53.2 cm³/mol. The highest BCUT2D eigenvalue weighted by atomic mass is 79.9. The van der Waals surface area contributed by atoms with Crippen LogP contribution in [0.1, 0.15) is 11.1 Å². The van der Waals surface area contributed by atoms with Crippen LogP contribution in [0.5, 0.6) is 0 Å². The largest absolute Gasteiger partial charge is 0.198 e. The molecular formula is C9H7BrClN. The number of aryl methyl sites for hydroxylation is 1. The summed E-state index contributed by atoms with van der Waals surface area (Å²) in [7, 11) is 0. The van der Waals surface area contributed by atoms with E-state index in [1.807, 2.05) is 19.1 Å². The summed E-state index contributed by atoms with van der Waals surface area (Å²) >= 11 is 9.22. The van der Waals surface area contributed by atoms with Crippen LogP contribution in [0.3, 0.4) is 0 Å². The Labute approximate surface area is 85.1 Å². The number of nitrogens with zero attached hydrogens (tertiary/aromatic N) is 1. The first kappa shape index (κ1) is 9.57. The van der Waals surface area contributed by atoms with Crippen LogP contribution in [0.4, 0.5) is 0 Å². The second kappa shape index (κ2) is 3.93. The molecule has 0 N–H and O–H groups in total. The van der Waals surface area contributed by atoms with Crippen molar-refractivity contribution in [3.8, 4) is 6.07 Å². The molecule has 0 saturated heterocycles. The normalized spacial score (nSPS) is 9.50. The van der Waals surface area contributed by atoms with E-state index in [1.165, 1.54) is 0 Å². The van der Waals surface area contributed by atoms with Gasteiger partial charge in [0.2, 0.25) is 0 Å². The third kappa shape index (κ3) is 2.00. The Kier molecular flexibility index (Phi) is 3.13. The number of rotatable bonds is 1. The topological polar surface area (TPSA) is 23.8 Å². The Morgan fingerprint density at radius 2 is 2.25 bits per heavy atom. The molecule has 0 atom stereocenters. The summed E-state index contributed by atoms with van der Waals surface area (Å²) in [5.41, 5.74) is 1.99. The molecule has 1 rings (SSSR count). The van der Waals surface area contributed by atoms with Crippen molar-refractivity contribution in [3.63, 3.8) is 0 Å². The molecule has 1 nitrogen and oxygen atoms in total. The maximum atomic E-state index is 8.50. The first-order valence-electron chi connectivity index (χ1n) is 3.46. The molecule has 0 aliphatic rings. The predicted octanol–water partition coefficient (Wildman–Crippen LogP) is 3.48. The zero-order valence-electron chi connectivity index (χ0n) is 6.56. The number of hydrogen-bond acceptors (Lipinski definition) is 1. The smallest absolute Gasteiger partial charge is 0.0670 e. The fourth-order valence-electron chi connectivity index (χ4n) is 0.938. The van der Waals surface area contributed by atoms with Gasteiger partial charge in [0.05, 0.1) is 12.5 Å². The summed E-state index contributed by atoms with van der Waals surface area (Å²) in [4.78, 5) is 0. The van der Waals surface area contributed by atoms with Crippen molar-refractivity contribution in [1.29, 1.82) is 5.26 Å². The van der Waals surface area contributed by atoms with Gasteiger partial charge in [0.1, 0.15) is 0 Å². The molecule has 0 spiro atoms. The summed E-state index contributed by atoms with van der Waals surface area (Å²) in [5, 5.41) is 9.23. The van der Waals surface area contributed by atoms with E-state index >= 15 is 0 Å². The maximum Gasteiger partial charge on any atom is 0.0670 e. The van der Waals surface area contributed by atoms with Gasteiger partial charge >= 0.3 is 0 Å². The van der Waals surface area contributed by atoms with Crippen LogP contribution in [0.25, 0.3) is 0 Å². The zero-order chi connectivity index (χ0) is 9.14. The highest BCUT2D eigenvalue weighted by molar-refractivity contribution is 9.10. The van der Waals surface area contributed by atoms with Gasteiger partial charge in [-0.3, -0.25) is 0 Å². The molecule has 0 aliphatic heterocycles. The van der Waals surface area contributed by atoms with Gasteiger partial charge < -0.3 is 0 Å². The molecule has 3 heteroatoms. The van der Waals surface area contributed by atoms with E-state index in [2.05, 4.69) is 22.0 Å². The van der Waals surface area contributed by atoms with E-state index in [1.54, 1.807) is 0 Å². The van der Waals surface area contributed by atoms with E-state index < -0.39 is 0 Å². The molecule has 0 amide bonds. The SMILES string of the molecule is Cc1cc(CC#N)c(Br)cc1Cl. The molecule has 0 saturated carbocycles. The molecule has 0 unspecified atom stereocenters. The Morgan fingerprint density at radius 3 is 2.83 bits per heavy atom. The number of benzene rings is 1. The van der Waals surface area contributed by atoms with Crippen LogP contribution < -0.4 is 0 Å². The number of halogens is 2. The van der Waals surface area contributed by atoms with Gasteiger partial charge in [0.25, 0.3) is 0 Å². The molecule has 0 fully saturated rings. The molecule has 0 radical (unpaired) electrons. The highest BCUT2D eigenvalue weighted by Gasteiger charge is 2.02. The van der Waals surface area contributed by atoms with E-state index in [-0.39, 0.29) is 0 Å². The van der Waals surface area contributed by atoms with Crippen LogP contribution >= 0.6 is 27.5 Å².